The molecule has 2 aromatic rings. The predicted octanol–water partition coefficient (Wildman–Crippen LogP) is 4.25. The summed E-state index contributed by atoms with van der Waals surface area (Å²) >= 11 is 6.17. The third kappa shape index (κ3) is 2.63. The van der Waals surface area contributed by atoms with E-state index in [-0.39, 0.29) is 0 Å². The molecule has 3 rings (SSSR count). The molecule has 102 valence electrons. The highest BCUT2D eigenvalue weighted by Crippen LogP contribution is 2.34. The Labute approximate surface area is 123 Å². The molecule has 0 aromatic heterocycles. The number of halogens is 1. The lowest BCUT2D eigenvalue weighted by Gasteiger charge is -2.24. The van der Waals surface area contributed by atoms with E-state index in [9.17, 15) is 0 Å². The first-order valence-corrected chi connectivity index (χ1v) is 6.95. The highest BCUT2D eigenvalue weighted by atomic mass is 35.5. The largest absolute Gasteiger partial charge is 0.340 e. The van der Waals surface area contributed by atoms with Gasteiger partial charge in [-0.2, -0.15) is 0 Å². The molecule has 1 saturated heterocycles. The maximum atomic E-state index is 6.17. The Kier molecular flexibility index (Phi) is 3.88. The van der Waals surface area contributed by atoms with Gasteiger partial charge < -0.3 is 9.47 Å². The van der Waals surface area contributed by atoms with Crippen LogP contribution in [0.4, 0.5) is 0 Å². The average Bonchev–Trinajstić information content (AvgIpc) is 2.98. The summed E-state index contributed by atoms with van der Waals surface area (Å²) in [5, 5.41) is 0.713. The summed E-state index contributed by atoms with van der Waals surface area (Å²) in [6.07, 6.45) is 3.87. The number of hydrogen-bond acceptors (Lipinski definition) is 2. The van der Waals surface area contributed by atoms with Crippen molar-refractivity contribution >= 4 is 17.7 Å². The van der Waals surface area contributed by atoms with Gasteiger partial charge in [0.1, 0.15) is 0 Å². The zero-order chi connectivity index (χ0) is 13.8. The average molecular weight is 287 g/mol. The monoisotopic (exact) mass is 286 g/mol. The fraction of sp³-hybridized carbons (Fsp3) is 0.176. The predicted molar refractivity (Wildman–Crippen MR) is 80.5 cm³/mol. The van der Waals surface area contributed by atoms with Crippen LogP contribution < -0.4 is 0 Å². The molecule has 0 amide bonds. The van der Waals surface area contributed by atoms with E-state index in [1.807, 2.05) is 66.7 Å². The van der Waals surface area contributed by atoms with Crippen molar-refractivity contribution in [2.45, 2.75) is 5.79 Å². The molecule has 0 radical (unpaired) electrons. The molecule has 2 aromatic carbocycles. The topological polar surface area (TPSA) is 18.5 Å². The molecule has 0 N–H and O–H groups in total. The van der Waals surface area contributed by atoms with E-state index in [2.05, 4.69) is 0 Å². The minimum Gasteiger partial charge on any atom is -0.340 e. The molecule has 1 heterocycles. The molecule has 0 unspecified atom stereocenters. The molecule has 1 aliphatic heterocycles. The van der Waals surface area contributed by atoms with Crippen molar-refractivity contribution in [3.05, 3.63) is 76.8 Å². The minimum absolute atomic E-state index is 0.585. The van der Waals surface area contributed by atoms with Crippen molar-refractivity contribution in [3.63, 3.8) is 0 Å². The normalized spacial score (nSPS) is 17.6. The number of rotatable bonds is 3. The second-order valence-corrected chi connectivity index (χ2v) is 4.99. The third-order valence-electron chi connectivity index (χ3n) is 3.28. The van der Waals surface area contributed by atoms with Crippen LogP contribution in [0.3, 0.4) is 0 Å². The standard InChI is InChI=1S/C17H15ClO2/c18-16-9-5-4-6-14(16)10-11-17(19-12-13-20-17)15-7-2-1-3-8-15/h1-11H,12-13H2/b11-10-. The van der Waals surface area contributed by atoms with Crippen molar-refractivity contribution in [3.8, 4) is 0 Å². The fourth-order valence-corrected chi connectivity index (χ4v) is 2.47. The molecule has 0 atom stereocenters. The van der Waals surface area contributed by atoms with Crippen LogP contribution in [0.1, 0.15) is 11.1 Å². The Morgan fingerprint density at radius 1 is 0.900 bits per heavy atom. The zero-order valence-electron chi connectivity index (χ0n) is 11.0. The van der Waals surface area contributed by atoms with Gasteiger partial charge in [0.25, 0.3) is 0 Å². The quantitative estimate of drug-likeness (QED) is 0.840. The van der Waals surface area contributed by atoms with Crippen LogP contribution in [0.5, 0.6) is 0 Å². The van der Waals surface area contributed by atoms with Gasteiger partial charge >= 0.3 is 0 Å². The minimum atomic E-state index is -0.805. The van der Waals surface area contributed by atoms with Gasteiger partial charge in [0.15, 0.2) is 0 Å². The highest BCUT2D eigenvalue weighted by Gasteiger charge is 2.35. The third-order valence-corrected chi connectivity index (χ3v) is 3.62. The van der Waals surface area contributed by atoms with Gasteiger partial charge in [0, 0.05) is 10.6 Å². The van der Waals surface area contributed by atoms with Gasteiger partial charge in [-0.1, -0.05) is 66.2 Å². The maximum Gasteiger partial charge on any atom is 0.215 e. The SMILES string of the molecule is Clc1ccccc1/C=C\C1(c2ccccc2)OCCO1. The van der Waals surface area contributed by atoms with Gasteiger partial charge in [-0.15, -0.1) is 0 Å². The number of ether oxygens (including phenoxy) is 2. The molecule has 0 saturated carbocycles. The molecule has 0 aliphatic carbocycles. The molecule has 3 heteroatoms. The molecular formula is C17H15ClO2. The van der Waals surface area contributed by atoms with Crippen LogP contribution in [-0.2, 0) is 15.3 Å². The summed E-state index contributed by atoms with van der Waals surface area (Å²) in [4.78, 5) is 0. The summed E-state index contributed by atoms with van der Waals surface area (Å²) in [6.45, 7) is 1.17. The van der Waals surface area contributed by atoms with Crippen molar-refractivity contribution in [2.75, 3.05) is 13.2 Å². The van der Waals surface area contributed by atoms with Crippen LogP contribution in [0.2, 0.25) is 5.02 Å². The molecule has 0 spiro atoms. The van der Waals surface area contributed by atoms with Crippen LogP contribution in [0, 0.1) is 0 Å². The van der Waals surface area contributed by atoms with Crippen molar-refractivity contribution in [2.24, 2.45) is 0 Å². The highest BCUT2D eigenvalue weighted by molar-refractivity contribution is 6.32. The summed E-state index contributed by atoms with van der Waals surface area (Å²) in [5.41, 5.74) is 1.93. The molecule has 20 heavy (non-hydrogen) atoms. The summed E-state index contributed by atoms with van der Waals surface area (Å²) in [6, 6.07) is 17.6. The molecular weight excluding hydrogens is 272 g/mol. The van der Waals surface area contributed by atoms with Crippen LogP contribution in [-0.4, -0.2) is 13.2 Å². The lowest BCUT2D eigenvalue weighted by atomic mass is 10.0. The maximum absolute atomic E-state index is 6.17. The Hall–Kier alpha value is -1.61. The Bertz CT molecular complexity index is 601. The lowest BCUT2D eigenvalue weighted by Crippen LogP contribution is -2.24. The van der Waals surface area contributed by atoms with Crippen molar-refractivity contribution in [1.29, 1.82) is 0 Å². The van der Waals surface area contributed by atoms with Gasteiger partial charge in [0.2, 0.25) is 5.79 Å². The van der Waals surface area contributed by atoms with Crippen molar-refractivity contribution < 1.29 is 9.47 Å². The van der Waals surface area contributed by atoms with E-state index in [0.717, 1.165) is 11.1 Å². The molecule has 0 bridgehead atoms. The number of benzene rings is 2. The van der Waals surface area contributed by atoms with Crippen LogP contribution in [0.15, 0.2) is 60.7 Å². The van der Waals surface area contributed by atoms with Gasteiger partial charge in [-0.25, -0.2) is 0 Å². The summed E-state index contributed by atoms with van der Waals surface area (Å²) in [7, 11) is 0. The van der Waals surface area contributed by atoms with Crippen molar-refractivity contribution in [1.82, 2.24) is 0 Å². The fourth-order valence-electron chi connectivity index (χ4n) is 2.27. The molecule has 2 nitrogen and oxygen atoms in total. The Morgan fingerprint density at radius 3 is 2.25 bits per heavy atom. The second-order valence-electron chi connectivity index (χ2n) is 4.59. The Morgan fingerprint density at radius 2 is 1.55 bits per heavy atom. The van der Waals surface area contributed by atoms with E-state index >= 15 is 0 Å². The van der Waals surface area contributed by atoms with E-state index in [1.54, 1.807) is 0 Å². The van der Waals surface area contributed by atoms with Crippen LogP contribution in [0.25, 0.3) is 6.08 Å². The first-order chi connectivity index (χ1) is 9.80. The van der Waals surface area contributed by atoms with Crippen LogP contribution >= 0.6 is 11.6 Å². The lowest BCUT2D eigenvalue weighted by molar-refractivity contribution is -0.122. The molecule has 1 fully saturated rings. The van der Waals surface area contributed by atoms with E-state index in [1.165, 1.54) is 0 Å². The summed E-state index contributed by atoms with van der Waals surface area (Å²) in [5.74, 6) is -0.805. The Balaban J connectivity index is 1.95. The van der Waals surface area contributed by atoms with Gasteiger partial charge in [-0.3, -0.25) is 0 Å². The second kappa shape index (κ2) is 5.80. The van der Waals surface area contributed by atoms with E-state index < -0.39 is 5.79 Å². The van der Waals surface area contributed by atoms with E-state index in [0.29, 0.717) is 18.2 Å². The first kappa shape index (κ1) is 13.4. The molecule has 1 aliphatic rings. The zero-order valence-corrected chi connectivity index (χ0v) is 11.7. The van der Waals surface area contributed by atoms with Gasteiger partial charge in [-0.05, 0) is 17.7 Å². The van der Waals surface area contributed by atoms with E-state index in [4.69, 9.17) is 21.1 Å². The smallest absolute Gasteiger partial charge is 0.215 e. The first-order valence-electron chi connectivity index (χ1n) is 6.57. The van der Waals surface area contributed by atoms with Gasteiger partial charge in [0.05, 0.1) is 13.2 Å². The summed E-state index contributed by atoms with van der Waals surface area (Å²) < 4.78 is 11.7. The number of hydrogen-bond donors (Lipinski definition) is 0.